The van der Waals surface area contributed by atoms with Crippen molar-refractivity contribution in [2.24, 2.45) is 11.8 Å². The molecule has 1 saturated carbocycles. The van der Waals surface area contributed by atoms with Crippen LogP contribution in [0.5, 0.6) is 11.5 Å². The third-order valence-corrected chi connectivity index (χ3v) is 10.4. The summed E-state index contributed by atoms with van der Waals surface area (Å²) in [5.41, 5.74) is -2.56. The summed E-state index contributed by atoms with van der Waals surface area (Å²) in [6, 6.07) is 11.3. The molecule has 3 aromatic carbocycles. The quantitative estimate of drug-likeness (QED) is 0.324. The summed E-state index contributed by atoms with van der Waals surface area (Å²) in [6.45, 7) is 4.01. The Bertz CT molecular complexity index is 2200. The van der Waals surface area contributed by atoms with E-state index in [2.05, 4.69) is 0 Å². The predicted molar refractivity (Wildman–Crippen MR) is 161 cm³/mol. The van der Waals surface area contributed by atoms with Gasteiger partial charge in [-0.25, -0.2) is 4.79 Å². The fourth-order valence-electron chi connectivity index (χ4n) is 9.02. The maximum atomic E-state index is 15.3. The van der Waals surface area contributed by atoms with Crippen molar-refractivity contribution in [3.8, 4) is 17.2 Å². The van der Waals surface area contributed by atoms with Crippen LogP contribution in [0.3, 0.4) is 0 Å². The third kappa shape index (κ3) is 2.99. The number of benzene rings is 3. The number of phenolic OH excluding ortho intramolecular Hbond substituents is 2. The number of ether oxygens (including phenoxy) is 3. The molecule has 4 aliphatic rings. The SMILES string of the molecule is CO[C@@]12c3c(C)cc(O)c4c(=O)n(-c5ccccc5)cc(c34)C(=O)[C@@H]1[C@]13COC(=O)c4c(O)cc(C)c(c41)C(=O)[C@H]2[C@@H]3OC(C)=O. The number of aryl methyl sites for hydroxylation is 2. The first-order valence-electron chi connectivity index (χ1n) is 14.7. The van der Waals surface area contributed by atoms with Gasteiger partial charge in [-0.2, -0.15) is 0 Å². The number of methoxy groups -OCH3 is 1. The molecular formula is C35H27NO10. The number of fused-ring (bicyclic) bond motifs is 4. The molecule has 1 aliphatic heterocycles. The van der Waals surface area contributed by atoms with Gasteiger partial charge in [-0.05, 0) is 60.4 Å². The van der Waals surface area contributed by atoms with Gasteiger partial charge < -0.3 is 24.4 Å². The zero-order valence-corrected chi connectivity index (χ0v) is 25.2. The Labute approximate surface area is 260 Å². The van der Waals surface area contributed by atoms with Crippen molar-refractivity contribution >= 4 is 34.3 Å². The highest BCUT2D eigenvalue weighted by molar-refractivity contribution is 6.19. The number of Topliss-reactive ketones (excluding diaryl/α,β-unsaturated/α-hetero) is 2. The minimum absolute atomic E-state index is 0.0675. The highest BCUT2D eigenvalue weighted by atomic mass is 16.6. The zero-order chi connectivity index (χ0) is 32.6. The molecular weight excluding hydrogens is 594 g/mol. The number of aromatic hydroxyl groups is 2. The van der Waals surface area contributed by atoms with Crippen LogP contribution in [0.4, 0.5) is 0 Å². The molecule has 11 nitrogen and oxygen atoms in total. The van der Waals surface area contributed by atoms with Gasteiger partial charge in [0, 0.05) is 42.4 Å². The maximum Gasteiger partial charge on any atom is 0.342 e. The summed E-state index contributed by atoms with van der Waals surface area (Å²) in [7, 11) is 1.34. The molecule has 4 aromatic rings. The smallest absolute Gasteiger partial charge is 0.342 e. The molecule has 3 aliphatic carbocycles. The standard InChI is InChI=1S/C35H27NO10/c1-14-10-20(39)24-26-21(14)29(41)27-31(46-16(3)37)34(26,13-45-33(24)43)30-28(40)18-12-36(17-8-6-5-7-9-17)32(42)23-19(38)11-15(2)25(22(18)23)35(27,30)44-4/h5-12,27,30-31,38-39H,13H2,1-4H3/t27-,30+,31-,34-,35+/m0/s1. The molecule has 2 heterocycles. The second-order valence-electron chi connectivity index (χ2n) is 12.5. The lowest BCUT2D eigenvalue weighted by Gasteiger charge is -2.47. The van der Waals surface area contributed by atoms with Gasteiger partial charge in [-0.1, -0.05) is 18.2 Å². The molecule has 0 saturated heterocycles. The van der Waals surface area contributed by atoms with Crippen LogP contribution in [0.1, 0.15) is 60.3 Å². The van der Waals surface area contributed by atoms with Crippen LogP contribution in [0.2, 0.25) is 0 Å². The molecule has 232 valence electrons. The number of phenols is 2. The number of carbonyl (C=O) groups is 4. The molecule has 11 heteroatoms. The van der Waals surface area contributed by atoms with Crippen LogP contribution < -0.4 is 5.56 Å². The largest absolute Gasteiger partial charge is 0.507 e. The normalized spacial score (nSPS) is 26.9. The molecule has 1 aromatic heterocycles. The fourth-order valence-corrected chi connectivity index (χ4v) is 9.02. The second kappa shape index (κ2) is 8.91. The van der Waals surface area contributed by atoms with Crippen LogP contribution >= 0.6 is 0 Å². The Balaban J connectivity index is 1.58. The van der Waals surface area contributed by atoms with Crippen LogP contribution in [-0.4, -0.2) is 58.1 Å². The summed E-state index contributed by atoms with van der Waals surface area (Å²) in [6.07, 6.45) is 0.0495. The molecule has 1 fully saturated rings. The van der Waals surface area contributed by atoms with E-state index in [1.54, 1.807) is 44.2 Å². The number of para-hydroxylation sites is 1. The predicted octanol–water partition coefficient (Wildman–Crippen LogP) is 3.54. The summed E-state index contributed by atoms with van der Waals surface area (Å²) in [5, 5.41) is 22.3. The van der Waals surface area contributed by atoms with E-state index in [0.29, 0.717) is 22.4 Å². The fraction of sp³-hybridized carbons (Fsp3) is 0.286. The van der Waals surface area contributed by atoms with E-state index in [1.165, 1.54) is 36.9 Å². The van der Waals surface area contributed by atoms with Crippen molar-refractivity contribution in [3.63, 3.8) is 0 Å². The summed E-state index contributed by atoms with van der Waals surface area (Å²) in [4.78, 5) is 70.2. The van der Waals surface area contributed by atoms with E-state index < -0.39 is 70.4 Å². The molecule has 0 radical (unpaired) electrons. The summed E-state index contributed by atoms with van der Waals surface area (Å²) >= 11 is 0. The summed E-state index contributed by atoms with van der Waals surface area (Å²) < 4.78 is 19.3. The zero-order valence-electron chi connectivity index (χ0n) is 25.2. The van der Waals surface area contributed by atoms with Crippen LogP contribution in [0.15, 0.2) is 53.5 Å². The Kier molecular flexibility index (Phi) is 5.46. The molecule has 0 amide bonds. The Morgan fingerprint density at radius 2 is 1.63 bits per heavy atom. The monoisotopic (exact) mass is 621 g/mol. The van der Waals surface area contributed by atoms with Gasteiger partial charge >= 0.3 is 11.9 Å². The van der Waals surface area contributed by atoms with Crippen molar-refractivity contribution in [1.29, 1.82) is 0 Å². The first-order chi connectivity index (χ1) is 21.9. The van der Waals surface area contributed by atoms with E-state index in [-0.39, 0.29) is 38.8 Å². The van der Waals surface area contributed by atoms with E-state index >= 15 is 4.79 Å². The maximum absolute atomic E-state index is 15.3. The lowest BCUT2D eigenvalue weighted by atomic mass is 9.59. The molecule has 5 atom stereocenters. The number of esters is 2. The number of carbonyl (C=O) groups excluding carboxylic acids is 4. The number of aromatic nitrogens is 1. The molecule has 0 unspecified atom stereocenters. The minimum Gasteiger partial charge on any atom is -0.507 e. The molecule has 2 N–H and O–H groups in total. The number of ketones is 2. The Morgan fingerprint density at radius 3 is 2.30 bits per heavy atom. The summed E-state index contributed by atoms with van der Waals surface area (Å²) in [5.74, 6) is -6.20. The minimum atomic E-state index is -1.84. The van der Waals surface area contributed by atoms with E-state index in [0.717, 1.165) is 0 Å². The number of nitrogens with zero attached hydrogens (tertiary/aromatic N) is 1. The highest BCUT2D eigenvalue weighted by Gasteiger charge is 2.80. The lowest BCUT2D eigenvalue weighted by molar-refractivity contribution is -0.154. The topological polar surface area (TPSA) is 158 Å². The number of hydrogen-bond acceptors (Lipinski definition) is 10. The molecule has 1 spiro atoms. The van der Waals surface area contributed by atoms with Gasteiger partial charge in [-0.15, -0.1) is 0 Å². The average molecular weight is 622 g/mol. The first kappa shape index (κ1) is 28.2. The van der Waals surface area contributed by atoms with Crippen molar-refractivity contribution < 1.29 is 43.6 Å². The average Bonchev–Trinajstić information content (AvgIpc) is 3.19. The van der Waals surface area contributed by atoms with E-state index in [1.807, 2.05) is 0 Å². The van der Waals surface area contributed by atoms with Gasteiger partial charge in [0.05, 0.1) is 22.6 Å². The van der Waals surface area contributed by atoms with Crippen LogP contribution in [-0.2, 0) is 30.0 Å². The van der Waals surface area contributed by atoms with Gasteiger partial charge in [0.1, 0.15) is 35.4 Å². The van der Waals surface area contributed by atoms with Crippen LogP contribution in [0, 0.1) is 25.7 Å². The molecule has 2 bridgehead atoms. The van der Waals surface area contributed by atoms with Gasteiger partial charge in [0.15, 0.2) is 11.6 Å². The first-order valence-corrected chi connectivity index (χ1v) is 14.7. The second-order valence-corrected chi connectivity index (χ2v) is 12.5. The number of cyclic esters (lactones) is 1. The van der Waals surface area contributed by atoms with Gasteiger partial charge in [0.2, 0.25) is 0 Å². The van der Waals surface area contributed by atoms with E-state index in [9.17, 15) is 29.4 Å². The number of rotatable bonds is 3. The van der Waals surface area contributed by atoms with Crippen molar-refractivity contribution in [2.45, 2.75) is 37.9 Å². The van der Waals surface area contributed by atoms with Gasteiger partial charge in [0.25, 0.3) is 5.56 Å². The van der Waals surface area contributed by atoms with Crippen molar-refractivity contribution in [2.75, 3.05) is 13.7 Å². The van der Waals surface area contributed by atoms with Crippen molar-refractivity contribution in [1.82, 2.24) is 4.57 Å². The molecule has 8 rings (SSSR count). The lowest BCUT2D eigenvalue weighted by Crippen LogP contribution is -2.57. The number of hydrogen-bond donors (Lipinski definition) is 2. The number of pyridine rings is 1. The highest BCUT2D eigenvalue weighted by Crippen LogP contribution is 2.70. The third-order valence-electron chi connectivity index (χ3n) is 10.4. The molecule has 46 heavy (non-hydrogen) atoms. The Hall–Kier alpha value is -5.29. The Morgan fingerprint density at radius 1 is 0.935 bits per heavy atom. The van der Waals surface area contributed by atoms with Crippen molar-refractivity contribution in [3.05, 3.63) is 98.0 Å². The van der Waals surface area contributed by atoms with E-state index in [4.69, 9.17) is 14.2 Å². The van der Waals surface area contributed by atoms with Gasteiger partial charge in [-0.3, -0.25) is 23.7 Å². The van der Waals surface area contributed by atoms with Crippen LogP contribution in [0.25, 0.3) is 16.5 Å².